The highest BCUT2D eigenvalue weighted by Crippen LogP contribution is 2.35. The van der Waals surface area contributed by atoms with Gasteiger partial charge in [-0.25, -0.2) is 0 Å². The number of rotatable bonds is 3. The molecule has 0 spiro atoms. The fourth-order valence-electron chi connectivity index (χ4n) is 2.21. The Bertz CT molecular complexity index is 794. The van der Waals surface area contributed by atoms with Crippen LogP contribution < -0.4 is 5.32 Å². The zero-order valence-electron chi connectivity index (χ0n) is 12.0. The quantitative estimate of drug-likeness (QED) is 0.663. The second-order valence-electron chi connectivity index (χ2n) is 4.94. The molecule has 0 aliphatic heterocycles. The molecule has 2 aromatic carbocycles. The van der Waals surface area contributed by atoms with Gasteiger partial charge < -0.3 is 5.32 Å². The van der Waals surface area contributed by atoms with Crippen molar-refractivity contribution in [1.29, 1.82) is 0 Å². The number of hydrogen-bond donors (Lipinski definition) is 1. The van der Waals surface area contributed by atoms with Gasteiger partial charge in [-0.15, -0.1) is 11.3 Å². The Morgan fingerprint density at radius 3 is 2.32 bits per heavy atom. The maximum absolute atomic E-state index is 12.2. The van der Waals surface area contributed by atoms with Crippen molar-refractivity contribution < 1.29 is 4.79 Å². The molecule has 22 heavy (non-hydrogen) atoms. The van der Waals surface area contributed by atoms with E-state index >= 15 is 0 Å². The Kier molecular flexibility index (Phi) is 4.27. The molecule has 0 aliphatic carbocycles. The number of benzene rings is 2. The Morgan fingerprint density at radius 1 is 1.05 bits per heavy atom. The zero-order chi connectivity index (χ0) is 15.5. The predicted octanol–water partition coefficient (Wildman–Crippen LogP) is 5.63. The number of thiophene rings is 1. The molecule has 0 fully saturated rings. The van der Waals surface area contributed by atoms with Gasteiger partial charge in [-0.05, 0) is 42.8 Å². The molecule has 3 rings (SSSR count). The van der Waals surface area contributed by atoms with Gasteiger partial charge in [0.1, 0.15) is 4.34 Å². The van der Waals surface area contributed by atoms with Gasteiger partial charge in [-0.3, -0.25) is 4.79 Å². The topological polar surface area (TPSA) is 29.1 Å². The number of para-hydroxylation sites is 1. The second kappa shape index (κ2) is 6.34. The molecule has 0 aliphatic rings. The van der Waals surface area contributed by atoms with Gasteiger partial charge in [0.15, 0.2) is 0 Å². The van der Waals surface area contributed by atoms with E-state index in [1.54, 1.807) is 11.3 Å². The maximum atomic E-state index is 12.2. The summed E-state index contributed by atoms with van der Waals surface area (Å²) in [5, 5.41) is 2.87. The van der Waals surface area contributed by atoms with Crippen LogP contribution in [0.4, 0.5) is 5.69 Å². The summed E-state index contributed by atoms with van der Waals surface area (Å²) in [6.07, 6.45) is 0. The van der Waals surface area contributed by atoms with Crippen LogP contribution in [0.1, 0.15) is 15.2 Å². The number of hydrogen-bond acceptors (Lipinski definition) is 2. The number of aryl methyl sites for hydroxylation is 1. The van der Waals surface area contributed by atoms with E-state index in [9.17, 15) is 4.79 Å². The summed E-state index contributed by atoms with van der Waals surface area (Å²) < 4.78 is 0.777. The van der Waals surface area contributed by atoms with E-state index in [0.29, 0.717) is 5.56 Å². The molecule has 0 bridgehead atoms. The van der Waals surface area contributed by atoms with E-state index in [2.05, 4.69) is 11.4 Å². The number of nitrogens with one attached hydrogen (secondary N) is 1. The van der Waals surface area contributed by atoms with Gasteiger partial charge in [0.25, 0.3) is 5.91 Å². The van der Waals surface area contributed by atoms with E-state index in [1.165, 1.54) is 4.88 Å². The lowest BCUT2D eigenvalue weighted by Crippen LogP contribution is -2.11. The Labute approximate surface area is 138 Å². The summed E-state index contributed by atoms with van der Waals surface area (Å²) in [5.41, 5.74) is 3.44. The van der Waals surface area contributed by atoms with Crippen LogP contribution >= 0.6 is 22.9 Å². The minimum atomic E-state index is -0.120. The molecule has 0 saturated carbocycles. The van der Waals surface area contributed by atoms with Crippen LogP contribution in [-0.4, -0.2) is 5.91 Å². The van der Waals surface area contributed by atoms with Crippen molar-refractivity contribution >= 4 is 34.5 Å². The molecule has 1 amide bonds. The highest BCUT2D eigenvalue weighted by molar-refractivity contribution is 7.16. The van der Waals surface area contributed by atoms with E-state index in [0.717, 1.165) is 21.2 Å². The van der Waals surface area contributed by atoms with Crippen LogP contribution in [0.3, 0.4) is 0 Å². The van der Waals surface area contributed by atoms with Crippen LogP contribution in [-0.2, 0) is 0 Å². The van der Waals surface area contributed by atoms with Crippen molar-refractivity contribution in [1.82, 2.24) is 0 Å². The number of carbonyl (C=O) groups is 1. The van der Waals surface area contributed by atoms with E-state index in [1.807, 2.05) is 61.5 Å². The van der Waals surface area contributed by atoms with Crippen molar-refractivity contribution in [2.24, 2.45) is 0 Å². The normalized spacial score (nSPS) is 10.5. The first kappa shape index (κ1) is 14.8. The molecule has 110 valence electrons. The lowest BCUT2D eigenvalue weighted by Gasteiger charge is -2.06. The third-order valence-electron chi connectivity index (χ3n) is 3.30. The number of amides is 1. The average molecular weight is 328 g/mol. The molecule has 2 nitrogen and oxygen atoms in total. The van der Waals surface area contributed by atoms with Crippen molar-refractivity contribution in [2.75, 3.05) is 5.32 Å². The molecule has 0 unspecified atom stereocenters. The summed E-state index contributed by atoms with van der Waals surface area (Å²) in [5.74, 6) is -0.120. The summed E-state index contributed by atoms with van der Waals surface area (Å²) >= 11 is 7.79. The molecule has 0 atom stereocenters. The minimum absolute atomic E-state index is 0.120. The largest absolute Gasteiger partial charge is 0.322 e. The fraction of sp³-hybridized carbons (Fsp3) is 0.0556. The van der Waals surface area contributed by atoms with Gasteiger partial charge in [0, 0.05) is 21.7 Å². The van der Waals surface area contributed by atoms with Gasteiger partial charge in [0.2, 0.25) is 0 Å². The lowest BCUT2D eigenvalue weighted by molar-refractivity contribution is 0.102. The van der Waals surface area contributed by atoms with E-state index < -0.39 is 0 Å². The Balaban J connectivity index is 1.79. The first-order valence-corrected chi connectivity index (χ1v) is 8.06. The van der Waals surface area contributed by atoms with Crippen LogP contribution in [0.25, 0.3) is 11.1 Å². The third-order valence-corrected chi connectivity index (χ3v) is 4.57. The van der Waals surface area contributed by atoms with Crippen LogP contribution in [0.2, 0.25) is 4.34 Å². The van der Waals surface area contributed by atoms with Gasteiger partial charge in [0.05, 0.1) is 0 Å². The van der Waals surface area contributed by atoms with Crippen molar-refractivity contribution in [3.8, 4) is 11.1 Å². The standard InChI is InChI=1S/C18H14ClNOS/c1-12-11-16(17(19)22-12)13-7-9-14(10-8-13)18(21)20-15-5-3-2-4-6-15/h2-11H,1H3,(H,20,21). The summed E-state index contributed by atoms with van der Waals surface area (Å²) in [6.45, 7) is 2.03. The van der Waals surface area contributed by atoms with Gasteiger partial charge >= 0.3 is 0 Å². The SMILES string of the molecule is Cc1cc(-c2ccc(C(=O)Nc3ccccc3)cc2)c(Cl)s1. The average Bonchev–Trinajstić information content (AvgIpc) is 2.87. The predicted molar refractivity (Wildman–Crippen MR) is 93.9 cm³/mol. The van der Waals surface area contributed by atoms with Crippen molar-refractivity contribution in [2.45, 2.75) is 6.92 Å². The van der Waals surface area contributed by atoms with Crippen LogP contribution in [0, 0.1) is 6.92 Å². The lowest BCUT2D eigenvalue weighted by atomic mass is 10.1. The molecule has 1 N–H and O–H groups in total. The Hall–Kier alpha value is -2.10. The zero-order valence-corrected chi connectivity index (χ0v) is 13.5. The first-order valence-electron chi connectivity index (χ1n) is 6.86. The van der Waals surface area contributed by atoms with Crippen LogP contribution in [0.15, 0.2) is 60.7 Å². The van der Waals surface area contributed by atoms with Crippen molar-refractivity contribution in [3.05, 3.63) is 75.4 Å². The summed E-state index contributed by atoms with van der Waals surface area (Å²) in [4.78, 5) is 13.4. The Morgan fingerprint density at radius 2 is 1.73 bits per heavy atom. The monoisotopic (exact) mass is 327 g/mol. The molecular formula is C18H14ClNOS. The molecule has 0 saturated heterocycles. The number of halogens is 1. The van der Waals surface area contributed by atoms with Crippen LogP contribution in [0.5, 0.6) is 0 Å². The smallest absolute Gasteiger partial charge is 0.255 e. The number of anilines is 1. The molecule has 4 heteroatoms. The first-order chi connectivity index (χ1) is 10.6. The highest BCUT2D eigenvalue weighted by atomic mass is 35.5. The van der Waals surface area contributed by atoms with E-state index in [-0.39, 0.29) is 5.91 Å². The summed E-state index contributed by atoms with van der Waals surface area (Å²) in [6, 6.07) is 19.0. The third kappa shape index (κ3) is 3.21. The molecular weight excluding hydrogens is 314 g/mol. The fourth-order valence-corrected chi connectivity index (χ4v) is 3.48. The number of carbonyl (C=O) groups excluding carboxylic acids is 1. The molecule has 1 heterocycles. The second-order valence-corrected chi connectivity index (χ2v) is 6.80. The van der Waals surface area contributed by atoms with Crippen molar-refractivity contribution in [3.63, 3.8) is 0 Å². The molecule has 3 aromatic rings. The van der Waals surface area contributed by atoms with Gasteiger partial charge in [-0.1, -0.05) is 41.9 Å². The highest BCUT2D eigenvalue weighted by Gasteiger charge is 2.09. The van der Waals surface area contributed by atoms with Gasteiger partial charge in [-0.2, -0.15) is 0 Å². The van der Waals surface area contributed by atoms with E-state index in [4.69, 9.17) is 11.6 Å². The maximum Gasteiger partial charge on any atom is 0.255 e. The summed E-state index contributed by atoms with van der Waals surface area (Å²) in [7, 11) is 0. The molecule has 1 aromatic heterocycles. The minimum Gasteiger partial charge on any atom is -0.322 e. The molecule has 0 radical (unpaired) electrons.